The Morgan fingerprint density at radius 3 is 2.68 bits per heavy atom. The smallest absolute Gasteiger partial charge is 0.226 e. The number of nitrogens with zero attached hydrogens (tertiary/aromatic N) is 3. The van der Waals surface area contributed by atoms with Gasteiger partial charge in [-0.25, -0.2) is 0 Å². The van der Waals surface area contributed by atoms with Crippen molar-refractivity contribution in [1.29, 1.82) is 0 Å². The quantitative estimate of drug-likeness (QED) is 0.786. The van der Waals surface area contributed by atoms with Crippen molar-refractivity contribution in [2.75, 3.05) is 6.54 Å². The fourth-order valence-corrected chi connectivity index (χ4v) is 2.25. The van der Waals surface area contributed by atoms with Crippen LogP contribution in [0.15, 0.2) is 48.8 Å². The van der Waals surface area contributed by atoms with Gasteiger partial charge in [0.05, 0.1) is 6.20 Å². The highest BCUT2D eigenvalue weighted by molar-refractivity contribution is 5.78. The number of carbonyl (C=O) groups is 1. The number of carbonyl (C=O) groups excluding carboxylic acids is 1. The standard InChI is InChI=1S/C18H23N3O/c1-3-20(14-17-13-19-21(4-2)15-17)18(22)12-8-11-16-9-6-5-7-10-16/h5-11,13,15H,3-4,12,14H2,1-2H3/b11-8+. The van der Waals surface area contributed by atoms with Crippen LogP contribution in [0.4, 0.5) is 0 Å². The van der Waals surface area contributed by atoms with Gasteiger partial charge in [0.25, 0.3) is 0 Å². The fourth-order valence-electron chi connectivity index (χ4n) is 2.25. The second-order valence-corrected chi connectivity index (χ2v) is 5.13. The molecular formula is C18H23N3O. The summed E-state index contributed by atoms with van der Waals surface area (Å²) in [5.74, 6) is 0.138. The van der Waals surface area contributed by atoms with Crippen LogP contribution in [-0.2, 0) is 17.9 Å². The predicted molar refractivity (Wildman–Crippen MR) is 89.1 cm³/mol. The van der Waals surface area contributed by atoms with E-state index >= 15 is 0 Å². The summed E-state index contributed by atoms with van der Waals surface area (Å²) in [6.45, 7) is 6.22. The molecule has 0 unspecified atom stereocenters. The molecule has 1 aromatic heterocycles. The second kappa shape index (κ2) is 8.17. The third-order valence-electron chi connectivity index (χ3n) is 3.52. The van der Waals surface area contributed by atoms with Crippen molar-refractivity contribution in [1.82, 2.24) is 14.7 Å². The lowest BCUT2D eigenvalue weighted by Gasteiger charge is -2.19. The molecule has 22 heavy (non-hydrogen) atoms. The Morgan fingerprint density at radius 2 is 2.05 bits per heavy atom. The maximum atomic E-state index is 12.3. The average molecular weight is 297 g/mol. The predicted octanol–water partition coefficient (Wildman–Crippen LogP) is 3.36. The molecular weight excluding hydrogens is 274 g/mol. The summed E-state index contributed by atoms with van der Waals surface area (Å²) in [5, 5.41) is 4.25. The lowest BCUT2D eigenvalue weighted by atomic mass is 10.2. The van der Waals surface area contributed by atoms with Gasteiger partial charge in [-0.1, -0.05) is 42.5 Å². The van der Waals surface area contributed by atoms with Gasteiger partial charge >= 0.3 is 0 Å². The molecule has 2 rings (SSSR count). The maximum absolute atomic E-state index is 12.3. The number of aromatic nitrogens is 2. The molecule has 0 aliphatic carbocycles. The molecule has 0 aliphatic heterocycles. The number of benzene rings is 1. The van der Waals surface area contributed by atoms with Gasteiger partial charge in [0, 0.05) is 37.8 Å². The van der Waals surface area contributed by atoms with Crippen molar-refractivity contribution < 1.29 is 4.79 Å². The second-order valence-electron chi connectivity index (χ2n) is 5.13. The molecule has 0 spiro atoms. The number of rotatable bonds is 7. The molecule has 0 aliphatic rings. The van der Waals surface area contributed by atoms with E-state index in [2.05, 4.69) is 5.10 Å². The monoisotopic (exact) mass is 297 g/mol. The summed E-state index contributed by atoms with van der Waals surface area (Å²) in [6, 6.07) is 10.0. The van der Waals surface area contributed by atoms with E-state index in [1.807, 2.05) is 78.3 Å². The van der Waals surface area contributed by atoms with Crippen LogP contribution in [0, 0.1) is 0 Å². The van der Waals surface area contributed by atoms with Crippen molar-refractivity contribution >= 4 is 12.0 Å². The molecule has 0 radical (unpaired) electrons. The summed E-state index contributed by atoms with van der Waals surface area (Å²) in [6.07, 6.45) is 8.16. The Hall–Kier alpha value is -2.36. The minimum atomic E-state index is 0.138. The van der Waals surface area contributed by atoms with Crippen molar-refractivity contribution in [3.63, 3.8) is 0 Å². The van der Waals surface area contributed by atoms with E-state index in [0.29, 0.717) is 19.5 Å². The lowest BCUT2D eigenvalue weighted by molar-refractivity contribution is -0.130. The molecule has 0 N–H and O–H groups in total. The van der Waals surface area contributed by atoms with E-state index in [9.17, 15) is 4.79 Å². The van der Waals surface area contributed by atoms with Crippen LogP contribution < -0.4 is 0 Å². The zero-order chi connectivity index (χ0) is 15.8. The van der Waals surface area contributed by atoms with E-state index in [4.69, 9.17) is 0 Å². The fraction of sp³-hybridized carbons (Fsp3) is 0.333. The van der Waals surface area contributed by atoms with Crippen LogP contribution in [-0.4, -0.2) is 27.1 Å². The summed E-state index contributed by atoms with van der Waals surface area (Å²) >= 11 is 0. The molecule has 1 aromatic carbocycles. The molecule has 0 bridgehead atoms. The Labute approximate surface area is 132 Å². The zero-order valence-electron chi connectivity index (χ0n) is 13.3. The molecule has 2 aromatic rings. The van der Waals surface area contributed by atoms with Gasteiger partial charge in [-0.05, 0) is 19.4 Å². The van der Waals surface area contributed by atoms with Crippen LogP contribution in [0.1, 0.15) is 31.4 Å². The first kappa shape index (κ1) is 16.0. The van der Waals surface area contributed by atoms with Gasteiger partial charge in [0.2, 0.25) is 5.91 Å². The normalized spacial score (nSPS) is 11.0. The highest BCUT2D eigenvalue weighted by atomic mass is 16.2. The Balaban J connectivity index is 1.90. The lowest BCUT2D eigenvalue weighted by Crippen LogP contribution is -2.29. The third kappa shape index (κ3) is 4.58. The molecule has 4 nitrogen and oxygen atoms in total. The number of hydrogen-bond acceptors (Lipinski definition) is 2. The summed E-state index contributed by atoms with van der Waals surface area (Å²) in [5.41, 5.74) is 2.19. The van der Waals surface area contributed by atoms with Crippen molar-refractivity contribution in [2.45, 2.75) is 33.4 Å². The van der Waals surface area contributed by atoms with Crippen LogP contribution in [0.2, 0.25) is 0 Å². The molecule has 116 valence electrons. The molecule has 1 heterocycles. The van der Waals surface area contributed by atoms with Crippen LogP contribution in [0.3, 0.4) is 0 Å². The number of amides is 1. The Morgan fingerprint density at radius 1 is 1.27 bits per heavy atom. The minimum Gasteiger partial charge on any atom is -0.338 e. The molecule has 1 amide bonds. The van der Waals surface area contributed by atoms with E-state index in [1.54, 1.807) is 0 Å². The average Bonchev–Trinajstić information content (AvgIpc) is 3.01. The van der Waals surface area contributed by atoms with Gasteiger partial charge < -0.3 is 4.90 Å². The van der Waals surface area contributed by atoms with E-state index in [-0.39, 0.29) is 5.91 Å². The SMILES string of the molecule is CCN(Cc1cnn(CC)c1)C(=O)C/C=C/c1ccccc1. The first-order chi connectivity index (χ1) is 10.7. The highest BCUT2D eigenvalue weighted by Gasteiger charge is 2.11. The van der Waals surface area contributed by atoms with E-state index in [1.165, 1.54) is 0 Å². The van der Waals surface area contributed by atoms with Gasteiger partial charge in [-0.2, -0.15) is 5.10 Å². The van der Waals surface area contributed by atoms with Gasteiger partial charge in [-0.15, -0.1) is 0 Å². The zero-order valence-corrected chi connectivity index (χ0v) is 13.3. The topological polar surface area (TPSA) is 38.1 Å². The van der Waals surface area contributed by atoms with Gasteiger partial charge in [0.1, 0.15) is 0 Å². The number of aryl methyl sites for hydroxylation is 1. The molecule has 0 saturated heterocycles. The molecule has 0 fully saturated rings. The van der Waals surface area contributed by atoms with Gasteiger partial charge in [0.15, 0.2) is 0 Å². The Kier molecular flexibility index (Phi) is 5.95. The van der Waals surface area contributed by atoms with Gasteiger partial charge in [-0.3, -0.25) is 9.48 Å². The maximum Gasteiger partial charge on any atom is 0.226 e. The van der Waals surface area contributed by atoms with E-state index in [0.717, 1.165) is 17.7 Å². The Bertz CT molecular complexity index is 616. The largest absolute Gasteiger partial charge is 0.338 e. The van der Waals surface area contributed by atoms with Crippen molar-refractivity contribution in [3.05, 3.63) is 59.9 Å². The number of hydrogen-bond donors (Lipinski definition) is 0. The molecule has 0 saturated carbocycles. The first-order valence-corrected chi connectivity index (χ1v) is 7.73. The van der Waals surface area contributed by atoms with Crippen LogP contribution in [0.5, 0.6) is 0 Å². The van der Waals surface area contributed by atoms with Crippen molar-refractivity contribution in [3.8, 4) is 0 Å². The van der Waals surface area contributed by atoms with Crippen LogP contribution >= 0.6 is 0 Å². The molecule has 4 heteroatoms. The third-order valence-corrected chi connectivity index (χ3v) is 3.52. The minimum absolute atomic E-state index is 0.138. The first-order valence-electron chi connectivity index (χ1n) is 7.73. The summed E-state index contributed by atoms with van der Waals surface area (Å²) < 4.78 is 1.88. The summed E-state index contributed by atoms with van der Waals surface area (Å²) in [4.78, 5) is 14.1. The molecule has 0 atom stereocenters. The summed E-state index contributed by atoms with van der Waals surface area (Å²) in [7, 11) is 0. The van der Waals surface area contributed by atoms with Crippen molar-refractivity contribution in [2.24, 2.45) is 0 Å². The van der Waals surface area contributed by atoms with E-state index < -0.39 is 0 Å². The van der Waals surface area contributed by atoms with Crippen LogP contribution in [0.25, 0.3) is 6.08 Å². The highest BCUT2D eigenvalue weighted by Crippen LogP contribution is 2.07.